The van der Waals surface area contributed by atoms with Crippen molar-refractivity contribution in [1.29, 1.82) is 0 Å². The standard InChI is InChI=1S/C31H28F3NO2/c32-31(33,34)37-27-15-13-24(14-16-27)29-11-4-5-12-30(29)25-9-6-10-28(21-25)36-26-17-19-35(20-18-26)22-23-7-2-1-3-8-23/h1-16,21,26H,17-20,22H2. The van der Waals surface area contributed by atoms with E-state index in [0.717, 1.165) is 60.5 Å². The van der Waals surface area contributed by atoms with E-state index in [-0.39, 0.29) is 11.9 Å². The molecule has 0 amide bonds. The van der Waals surface area contributed by atoms with Crippen molar-refractivity contribution >= 4 is 0 Å². The quantitative estimate of drug-likeness (QED) is 0.255. The molecule has 1 fully saturated rings. The average Bonchev–Trinajstić information content (AvgIpc) is 2.90. The first-order valence-electron chi connectivity index (χ1n) is 12.4. The van der Waals surface area contributed by atoms with Crippen LogP contribution in [0.4, 0.5) is 13.2 Å². The van der Waals surface area contributed by atoms with Crippen LogP contribution in [0.5, 0.6) is 11.5 Å². The van der Waals surface area contributed by atoms with Crippen LogP contribution in [0.25, 0.3) is 22.3 Å². The summed E-state index contributed by atoms with van der Waals surface area (Å²) >= 11 is 0. The third-order valence-corrected chi connectivity index (χ3v) is 6.56. The first kappa shape index (κ1) is 24.9. The molecule has 0 radical (unpaired) electrons. The molecule has 0 aromatic heterocycles. The first-order valence-corrected chi connectivity index (χ1v) is 12.4. The molecule has 37 heavy (non-hydrogen) atoms. The molecule has 0 unspecified atom stereocenters. The summed E-state index contributed by atoms with van der Waals surface area (Å²) in [5.41, 5.74) is 5.03. The number of benzene rings is 4. The summed E-state index contributed by atoms with van der Waals surface area (Å²) in [6.45, 7) is 2.95. The SMILES string of the molecule is FC(F)(F)Oc1ccc(-c2ccccc2-c2cccc(OC3CCN(Cc4ccccc4)CC3)c2)cc1. The molecule has 190 valence electrons. The van der Waals surface area contributed by atoms with E-state index in [9.17, 15) is 13.2 Å². The van der Waals surface area contributed by atoms with Gasteiger partial charge in [0.05, 0.1) is 0 Å². The van der Waals surface area contributed by atoms with Crippen LogP contribution in [-0.4, -0.2) is 30.5 Å². The van der Waals surface area contributed by atoms with Gasteiger partial charge >= 0.3 is 6.36 Å². The molecular formula is C31H28F3NO2. The van der Waals surface area contributed by atoms with Crippen molar-refractivity contribution in [3.8, 4) is 33.8 Å². The van der Waals surface area contributed by atoms with Crippen molar-refractivity contribution in [2.45, 2.75) is 31.9 Å². The fourth-order valence-electron chi connectivity index (χ4n) is 4.78. The summed E-state index contributed by atoms with van der Waals surface area (Å²) in [4.78, 5) is 2.47. The van der Waals surface area contributed by atoms with Crippen molar-refractivity contribution in [1.82, 2.24) is 4.90 Å². The molecule has 1 saturated heterocycles. The third-order valence-electron chi connectivity index (χ3n) is 6.56. The summed E-state index contributed by atoms with van der Waals surface area (Å²) in [6, 6.07) is 32.3. The highest BCUT2D eigenvalue weighted by Crippen LogP contribution is 2.35. The van der Waals surface area contributed by atoms with E-state index in [2.05, 4.69) is 33.9 Å². The smallest absolute Gasteiger partial charge is 0.490 e. The van der Waals surface area contributed by atoms with Gasteiger partial charge in [-0.15, -0.1) is 13.2 Å². The Morgan fingerprint density at radius 1 is 0.676 bits per heavy atom. The van der Waals surface area contributed by atoms with E-state index in [4.69, 9.17) is 4.74 Å². The van der Waals surface area contributed by atoms with Crippen molar-refractivity contribution in [2.24, 2.45) is 0 Å². The second-order valence-corrected chi connectivity index (χ2v) is 9.22. The van der Waals surface area contributed by atoms with Crippen LogP contribution in [0.1, 0.15) is 18.4 Å². The average molecular weight is 504 g/mol. The summed E-state index contributed by atoms with van der Waals surface area (Å²) in [6.07, 6.45) is -2.60. The normalized spacial score (nSPS) is 14.9. The zero-order valence-corrected chi connectivity index (χ0v) is 20.3. The van der Waals surface area contributed by atoms with Crippen LogP contribution in [0.2, 0.25) is 0 Å². The van der Waals surface area contributed by atoms with E-state index in [1.807, 2.05) is 54.6 Å². The van der Waals surface area contributed by atoms with E-state index < -0.39 is 6.36 Å². The maximum Gasteiger partial charge on any atom is 0.573 e. The lowest BCUT2D eigenvalue weighted by atomic mass is 9.94. The molecule has 1 aliphatic heterocycles. The van der Waals surface area contributed by atoms with Crippen LogP contribution >= 0.6 is 0 Å². The van der Waals surface area contributed by atoms with E-state index in [0.29, 0.717) is 0 Å². The van der Waals surface area contributed by atoms with Gasteiger partial charge < -0.3 is 9.47 Å². The highest BCUT2D eigenvalue weighted by molar-refractivity contribution is 5.84. The molecular weight excluding hydrogens is 475 g/mol. The Hall–Kier alpha value is -3.77. The fraction of sp³-hybridized carbons (Fsp3) is 0.226. The van der Waals surface area contributed by atoms with Gasteiger partial charge in [0.25, 0.3) is 0 Å². The number of ether oxygens (including phenoxy) is 2. The van der Waals surface area contributed by atoms with E-state index >= 15 is 0 Å². The van der Waals surface area contributed by atoms with Gasteiger partial charge in [-0.25, -0.2) is 0 Å². The minimum absolute atomic E-state index is 0.165. The van der Waals surface area contributed by atoms with Gasteiger partial charge in [-0.2, -0.15) is 0 Å². The summed E-state index contributed by atoms with van der Waals surface area (Å²) < 4.78 is 48.0. The molecule has 4 aromatic carbocycles. The Bertz CT molecular complexity index is 1300. The van der Waals surface area contributed by atoms with Gasteiger partial charge in [0.2, 0.25) is 0 Å². The lowest BCUT2D eigenvalue weighted by molar-refractivity contribution is -0.274. The number of alkyl halides is 3. The Kier molecular flexibility index (Phi) is 7.47. The molecule has 0 N–H and O–H groups in total. The van der Waals surface area contributed by atoms with Crippen molar-refractivity contribution in [3.63, 3.8) is 0 Å². The van der Waals surface area contributed by atoms with Crippen LogP contribution in [0.3, 0.4) is 0 Å². The number of rotatable bonds is 7. The Balaban J connectivity index is 1.26. The first-order chi connectivity index (χ1) is 17.9. The third kappa shape index (κ3) is 6.71. The van der Waals surface area contributed by atoms with E-state index in [1.165, 1.54) is 17.7 Å². The topological polar surface area (TPSA) is 21.7 Å². The number of likely N-dealkylation sites (tertiary alicyclic amines) is 1. The molecule has 0 spiro atoms. The minimum Gasteiger partial charge on any atom is -0.490 e. The second kappa shape index (κ2) is 11.1. The molecule has 0 saturated carbocycles. The molecule has 1 heterocycles. The second-order valence-electron chi connectivity index (χ2n) is 9.22. The van der Waals surface area contributed by atoms with E-state index in [1.54, 1.807) is 12.1 Å². The van der Waals surface area contributed by atoms with Gasteiger partial charge in [-0.05, 0) is 64.9 Å². The highest BCUT2D eigenvalue weighted by atomic mass is 19.4. The van der Waals surface area contributed by atoms with Gasteiger partial charge in [0, 0.05) is 19.6 Å². The molecule has 0 atom stereocenters. The number of halogens is 3. The molecule has 6 heteroatoms. The van der Waals surface area contributed by atoms with Crippen LogP contribution < -0.4 is 9.47 Å². The van der Waals surface area contributed by atoms with Gasteiger partial charge in [-0.1, -0.05) is 78.9 Å². The maximum absolute atomic E-state index is 12.5. The predicted molar refractivity (Wildman–Crippen MR) is 139 cm³/mol. The monoisotopic (exact) mass is 503 g/mol. The molecule has 4 aromatic rings. The van der Waals surface area contributed by atoms with Gasteiger partial charge in [0.1, 0.15) is 17.6 Å². The minimum atomic E-state index is -4.71. The van der Waals surface area contributed by atoms with Crippen LogP contribution in [0, 0.1) is 0 Å². The number of piperidine rings is 1. The van der Waals surface area contributed by atoms with Crippen molar-refractivity contribution in [2.75, 3.05) is 13.1 Å². The number of nitrogens with zero attached hydrogens (tertiary/aromatic N) is 1. The number of hydrogen-bond acceptors (Lipinski definition) is 3. The lowest BCUT2D eigenvalue weighted by Gasteiger charge is -2.32. The zero-order chi connectivity index (χ0) is 25.7. The summed E-state index contributed by atoms with van der Waals surface area (Å²) in [5, 5.41) is 0. The van der Waals surface area contributed by atoms with Crippen molar-refractivity contribution < 1.29 is 22.6 Å². The summed E-state index contributed by atoms with van der Waals surface area (Å²) in [5.74, 6) is 0.585. The fourth-order valence-corrected chi connectivity index (χ4v) is 4.78. The largest absolute Gasteiger partial charge is 0.573 e. The van der Waals surface area contributed by atoms with Gasteiger partial charge in [-0.3, -0.25) is 4.90 Å². The van der Waals surface area contributed by atoms with Crippen molar-refractivity contribution in [3.05, 3.63) is 109 Å². The number of hydrogen-bond donors (Lipinski definition) is 0. The Labute approximate surface area is 215 Å². The van der Waals surface area contributed by atoms with Gasteiger partial charge in [0.15, 0.2) is 0 Å². The zero-order valence-electron chi connectivity index (χ0n) is 20.3. The maximum atomic E-state index is 12.5. The molecule has 1 aliphatic rings. The van der Waals surface area contributed by atoms with Crippen LogP contribution in [0.15, 0.2) is 103 Å². The highest BCUT2D eigenvalue weighted by Gasteiger charge is 2.31. The predicted octanol–water partition coefficient (Wildman–Crippen LogP) is 7.96. The van der Waals surface area contributed by atoms with Crippen LogP contribution in [-0.2, 0) is 6.54 Å². The lowest BCUT2D eigenvalue weighted by Crippen LogP contribution is -2.37. The molecule has 0 aliphatic carbocycles. The molecule has 0 bridgehead atoms. The summed E-state index contributed by atoms with van der Waals surface area (Å²) in [7, 11) is 0. The Morgan fingerprint density at radius 3 is 2.00 bits per heavy atom. The Morgan fingerprint density at radius 2 is 1.32 bits per heavy atom. The molecule has 3 nitrogen and oxygen atoms in total. The molecule has 5 rings (SSSR count).